The van der Waals surface area contributed by atoms with E-state index in [-0.39, 0.29) is 6.61 Å². The third kappa shape index (κ3) is 2.46. The topological polar surface area (TPSA) is 80.0 Å². The van der Waals surface area contributed by atoms with Crippen LogP contribution in [0, 0.1) is 6.92 Å². The van der Waals surface area contributed by atoms with Crippen molar-refractivity contribution >= 4 is 27.4 Å². The molecule has 1 aliphatic rings. The van der Waals surface area contributed by atoms with E-state index in [1.165, 1.54) is 5.56 Å². The minimum atomic E-state index is 0.0999. The zero-order valence-corrected chi connectivity index (χ0v) is 14.7. The minimum absolute atomic E-state index is 0.0999. The van der Waals surface area contributed by atoms with Crippen LogP contribution in [0.25, 0.3) is 10.2 Å². The number of aryl methyl sites for hydroxylation is 2. The first-order chi connectivity index (χ1) is 11.7. The van der Waals surface area contributed by atoms with Gasteiger partial charge in [-0.2, -0.15) is 0 Å². The molecule has 0 radical (unpaired) electrons. The van der Waals surface area contributed by atoms with Gasteiger partial charge in [0.2, 0.25) is 0 Å². The van der Waals surface area contributed by atoms with Crippen molar-refractivity contribution in [3.63, 3.8) is 0 Å². The normalized spacial score (nSPS) is 14.4. The first-order valence-corrected chi connectivity index (χ1v) is 9.10. The average Bonchev–Trinajstić information content (AvgIpc) is 3.18. The number of aromatic nitrogens is 5. The highest BCUT2D eigenvalue weighted by molar-refractivity contribution is 7.18. The van der Waals surface area contributed by atoms with Crippen LogP contribution in [0.2, 0.25) is 0 Å². The fourth-order valence-corrected chi connectivity index (χ4v) is 4.12. The van der Waals surface area contributed by atoms with Gasteiger partial charge < -0.3 is 14.6 Å². The maximum absolute atomic E-state index is 9.14. The SMILES string of the molecule is CCc1nc(N2CCn3c(CCO)nnc3C2)c2scc(C)c2n1. The summed E-state index contributed by atoms with van der Waals surface area (Å²) in [5.74, 6) is 3.68. The molecule has 0 atom stereocenters. The highest BCUT2D eigenvalue weighted by Crippen LogP contribution is 2.33. The number of nitrogens with zero attached hydrogens (tertiary/aromatic N) is 6. The number of rotatable bonds is 4. The van der Waals surface area contributed by atoms with Gasteiger partial charge >= 0.3 is 0 Å². The molecule has 126 valence electrons. The molecule has 0 spiro atoms. The van der Waals surface area contributed by atoms with Crippen molar-refractivity contribution < 1.29 is 5.11 Å². The van der Waals surface area contributed by atoms with Crippen molar-refractivity contribution in [2.24, 2.45) is 0 Å². The molecule has 3 aromatic rings. The molecule has 7 nitrogen and oxygen atoms in total. The summed E-state index contributed by atoms with van der Waals surface area (Å²) in [6.07, 6.45) is 1.37. The van der Waals surface area contributed by atoms with Gasteiger partial charge in [0.15, 0.2) is 11.6 Å². The van der Waals surface area contributed by atoms with Crippen molar-refractivity contribution in [2.75, 3.05) is 18.1 Å². The second kappa shape index (κ2) is 6.10. The zero-order valence-electron chi connectivity index (χ0n) is 13.9. The molecule has 0 aromatic carbocycles. The van der Waals surface area contributed by atoms with E-state index in [0.717, 1.165) is 53.0 Å². The Morgan fingerprint density at radius 2 is 2.12 bits per heavy atom. The van der Waals surface area contributed by atoms with E-state index in [9.17, 15) is 0 Å². The molecule has 0 bridgehead atoms. The maximum atomic E-state index is 9.14. The summed E-state index contributed by atoms with van der Waals surface area (Å²) in [5, 5.41) is 19.8. The zero-order chi connectivity index (χ0) is 16.7. The monoisotopic (exact) mass is 344 g/mol. The Balaban J connectivity index is 1.73. The molecule has 0 amide bonds. The summed E-state index contributed by atoms with van der Waals surface area (Å²) in [4.78, 5) is 11.8. The van der Waals surface area contributed by atoms with Gasteiger partial charge in [-0.25, -0.2) is 9.97 Å². The van der Waals surface area contributed by atoms with E-state index in [1.54, 1.807) is 11.3 Å². The predicted octanol–water partition coefficient (Wildman–Crippen LogP) is 1.71. The fraction of sp³-hybridized carbons (Fsp3) is 0.500. The standard InChI is InChI=1S/C16H20N6OS/c1-3-11-17-14-10(2)9-24-15(14)16(18-11)21-5-6-22-12(4-7-23)19-20-13(22)8-21/h9,23H,3-8H2,1-2H3. The summed E-state index contributed by atoms with van der Waals surface area (Å²) >= 11 is 1.71. The lowest BCUT2D eigenvalue weighted by Crippen LogP contribution is -2.35. The summed E-state index contributed by atoms with van der Waals surface area (Å²) in [7, 11) is 0. The summed E-state index contributed by atoms with van der Waals surface area (Å²) in [5.41, 5.74) is 2.27. The van der Waals surface area contributed by atoms with E-state index >= 15 is 0 Å². The van der Waals surface area contributed by atoms with Crippen LogP contribution in [-0.2, 0) is 25.9 Å². The Labute approximate surface area is 144 Å². The van der Waals surface area contributed by atoms with Crippen molar-refractivity contribution in [1.82, 2.24) is 24.7 Å². The highest BCUT2D eigenvalue weighted by Gasteiger charge is 2.24. The van der Waals surface area contributed by atoms with Crippen molar-refractivity contribution in [1.29, 1.82) is 0 Å². The van der Waals surface area contributed by atoms with E-state index in [4.69, 9.17) is 15.1 Å². The van der Waals surface area contributed by atoms with Crippen molar-refractivity contribution in [3.8, 4) is 0 Å². The maximum Gasteiger partial charge on any atom is 0.152 e. The molecule has 24 heavy (non-hydrogen) atoms. The first-order valence-electron chi connectivity index (χ1n) is 8.22. The van der Waals surface area contributed by atoms with Crippen molar-refractivity contribution in [2.45, 2.75) is 39.8 Å². The van der Waals surface area contributed by atoms with Gasteiger partial charge in [-0.05, 0) is 17.9 Å². The fourth-order valence-electron chi connectivity index (χ4n) is 3.12. The van der Waals surface area contributed by atoms with E-state index in [0.29, 0.717) is 13.0 Å². The Bertz CT molecular complexity index is 886. The molecule has 8 heteroatoms. The van der Waals surface area contributed by atoms with Crippen LogP contribution in [-0.4, -0.2) is 43.0 Å². The van der Waals surface area contributed by atoms with Crippen LogP contribution < -0.4 is 4.90 Å². The van der Waals surface area contributed by atoms with Crippen LogP contribution in [0.1, 0.15) is 30.0 Å². The van der Waals surface area contributed by atoms with E-state index in [1.807, 2.05) is 0 Å². The van der Waals surface area contributed by atoms with Crippen molar-refractivity contribution in [3.05, 3.63) is 28.4 Å². The van der Waals surface area contributed by atoms with Gasteiger partial charge in [0.05, 0.1) is 23.4 Å². The minimum Gasteiger partial charge on any atom is -0.396 e. The van der Waals surface area contributed by atoms with Crippen LogP contribution in [0.5, 0.6) is 0 Å². The third-order valence-corrected chi connectivity index (χ3v) is 5.49. The van der Waals surface area contributed by atoms with Gasteiger partial charge in [0, 0.05) is 25.9 Å². The lowest BCUT2D eigenvalue weighted by molar-refractivity contribution is 0.294. The predicted molar refractivity (Wildman–Crippen MR) is 93.4 cm³/mol. The number of hydrogen-bond acceptors (Lipinski definition) is 7. The van der Waals surface area contributed by atoms with E-state index in [2.05, 4.69) is 38.9 Å². The molecule has 3 aromatic heterocycles. The lowest BCUT2D eigenvalue weighted by atomic mass is 10.2. The summed E-state index contributed by atoms with van der Waals surface area (Å²) in [6, 6.07) is 0. The second-order valence-corrected chi connectivity index (χ2v) is 6.87. The Hall–Kier alpha value is -2.06. The van der Waals surface area contributed by atoms with Gasteiger partial charge in [-0.15, -0.1) is 21.5 Å². The second-order valence-electron chi connectivity index (χ2n) is 5.99. The molecule has 1 N–H and O–H groups in total. The molecular weight excluding hydrogens is 324 g/mol. The average molecular weight is 344 g/mol. The Morgan fingerprint density at radius 1 is 1.25 bits per heavy atom. The van der Waals surface area contributed by atoms with Crippen LogP contribution in [0.15, 0.2) is 5.38 Å². The molecule has 0 fully saturated rings. The molecular formula is C16H20N6OS. The Morgan fingerprint density at radius 3 is 2.92 bits per heavy atom. The molecule has 0 saturated heterocycles. The third-order valence-electron chi connectivity index (χ3n) is 4.40. The van der Waals surface area contributed by atoms with Gasteiger partial charge in [-0.1, -0.05) is 6.92 Å². The molecule has 0 aliphatic carbocycles. The Kier molecular flexibility index (Phi) is 3.93. The molecule has 4 rings (SSSR count). The number of hydrogen-bond donors (Lipinski definition) is 1. The molecule has 4 heterocycles. The largest absolute Gasteiger partial charge is 0.396 e. The number of anilines is 1. The van der Waals surface area contributed by atoms with Gasteiger partial charge in [0.1, 0.15) is 11.6 Å². The highest BCUT2D eigenvalue weighted by atomic mass is 32.1. The smallest absolute Gasteiger partial charge is 0.152 e. The lowest BCUT2D eigenvalue weighted by Gasteiger charge is -2.29. The number of aliphatic hydroxyl groups excluding tert-OH is 1. The number of aliphatic hydroxyl groups is 1. The summed E-state index contributed by atoms with van der Waals surface area (Å²) in [6.45, 7) is 6.64. The van der Waals surface area contributed by atoms with E-state index < -0.39 is 0 Å². The summed E-state index contributed by atoms with van der Waals surface area (Å²) < 4.78 is 3.26. The van der Waals surface area contributed by atoms with Crippen LogP contribution in [0.4, 0.5) is 5.82 Å². The number of fused-ring (bicyclic) bond motifs is 2. The number of thiophene rings is 1. The van der Waals surface area contributed by atoms with Crippen LogP contribution >= 0.6 is 11.3 Å². The molecule has 1 aliphatic heterocycles. The molecule has 0 saturated carbocycles. The quantitative estimate of drug-likeness (QED) is 0.776. The molecule has 0 unspecified atom stereocenters. The van der Waals surface area contributed by atoms with Gasteiger partial charge in [0.25, 0.3) is 0 Å². The first kappa shape index (κ1) is 15.5. The van der Waals surface area contributed by atoms with Crippen LogP contribution in [0.3, 0.4) is 0 Å². The van der Waals surface area contributed by atoms with Gasteiger partial charge in [-0.3, -0.25) is 0 Å².